The summed E-state index contributed by atoms with van der Waals surface area (Å²) in [6.45, 7) is 6.04. The lowest BCUT2D eigenvalue weighted by Crippen LogP contribution is -2.37. The molecule has 33 heavy (non-hydrogen) atoms. The van der Waals surface area contributed by atoms with Gasteiger partial charge in [-0.25, -0.2) is 9.37 Å². The molecular formula is C24H27Cl2FN4O2. The zero-order valence-corrected chi connectivity index (χ0v) is 20.3. The quantitative estimate of drug-likeness (QED) is 0.328. The summed E-state index contributed by atoms with van der Waals surface area (Å²) in [6.07, 6.45) is 4.04. The molecule has 1 aromatic heterocycles. The fraction of sp³-hybridized carbons (Fsp3) is 0.417. The molecule has 3 N–H and O–H groups in total. The molecular weight excluding hydrogens is 466 g/mol. The predicted molar refractivity (Wildman–Crippen MR) is 130 cm³/mol. The SMILES string of the molecule is CC1CCC(NC(=O)c2cc3[nH]c(Nc4c(Cl)ccc(Cl)c4F)nc3cc2OC(C)C)CC1. The Labute approximate surface area is 202 Å². The lowest BCUT2D eigenvalue weighted by Gasteiger charge is -2.27. The van der Waals surface area contributed by atoms with Gasteiger partial charge in [0.05, 0.1) is 38.4 Å². The Hall–Kier alpha value is -2.51. The normalized spacial score (nSPS) is 18.5. The number of nitrogens with zero attached hydrogens (tertiary/aromatic N) is 1. The lowest BCUT2D eigenvalue weighted by atomic mass is 9.87. The second-order valence-corrected chi connectivity index (χ2v) is 9.71. The van der Waals surface area contributed by atoms with Crippen molar-refractivity contribution in [3.05, 3.63) is 45.7 Å². The first kappa shape index (κ1) is 23.6. The summed E-state index contributed by atoms with van der Waals surface area (Å²) in [5.41, 5.74) is 1.62. The van der Waals surface area contributed by atoms with Gasteiger partial charge in [-0.05, 0) is 63.6 Å². The fourth-order valence-electron chi connectivity index (χ4n) is 4.05. The molecule has 1 aliphatic carbocycles. The highest BCUT2D eigenvalue weighted by atomic mass is 35.5. The number of aromatic amines is 1. The first-order valence-electron chi connectivity index (χ1n) is 11.1. The number of hydrogen-bond acceptors (Lipinski definition) is 4. The van der Waals surface area contributed by atoms with E-state index in [4.69, 9.17) is 27.9 Å². The third kappa shape index (κ3) is 5.36. The predicted octanol–water partition coefficient (Wildman–Crippen LogP) is 6.85. The van der Waals surface area contributed by atoms with Crippen LogP contribution >= 0.6 is 23.2 Å². The molecule has 0 unspecified atom stereocenters. The number of halogens is 3. The van der Waals surface area contributed by atoms with Crippen LogP contribution in [0.4, 0.5) is 16.0 Å². The number of carbonyl (C=O) groups is 1. The highest BCUT2D eigenvalue weighted by Crippen LogP contribution is 2.33. The Morgan fingerprint density at radius 2 is 1.88 bits per heavy atom. The molecule has 9 heteroatoms. The van der Waals surface area contributed by atoms with E-state index in [0.717, 1.165) is 25.7 Å². The molecule has 4 rings (SSSR count). The van der Waals surface area contributed by atoms with Crippen molar-refractivity contribution in [3.8, 4) is 5.75 Å². The van der Waals surface area contributed by atoms with E-state index in [0.29, 0.717) is 28.3 Å². The van der Waals surface area contributed by atoms with Gasteiger partial charge in [0.15, 0.2) is 5.82 Å². The molecule has 1 heterocycles. The summed E-state index contributed by atoms with van der Waals surface area (Å²) in [7, 11) is 0. The molecule has 6 nitrogen and oxygen atoms in total. The van der Waals surface area contributed by atoms with Crippen LogP contribution in [0.2, 0.25) is 10.0 Å². The number of anilines is 2. The van der Waals surface area contributed by atoms with Gasteiger partial charge in [0, 0.05) is 12.1 Å². The minimum atomic E-state index is -0.671. The Morgan fingerprint density at radius 1 is 1.18 bits per heavy atom. The van der Waals surface area contributed by atoms with E-state index >= 15 is 0 Å². The van der Waals surface area contributed by atoms with Crippen molar-refractivity contribution in [3.63, 3.8) is 0 Å². The average molecular weight is 493 g/mol. The number of carbonyl (C=O) groups excluding carboxylic acids is 1. The maximum atomic E-state index is 14.4. The van der Waals surface area contributed by atoms with Crippen LogP contribution in [0.15, 0.2) is 24.3 Å². The highest BCUT2D eigenvalue weighted by Gasteiger charge is 2.23. The summed E-state index contributed by atoms with van der Waals surface area (Å²) < 4.78 is 20.4. The standard InChI is InChI=1S/C24H27Cl2FN4O2/c1-12(2)33-20-11-19-18(10-15(20)23(32)28-14-6-4-13(3)5-7-14)29-24(30-19)31-22-17(26)9-8-16(25)21(22)27/h8-14H,4-7H2,1-3H3,(H,28,32)(H2,29,30,31). The molecule has 2 aromatic carbocycles. The zero-order valence-electron chi connectivity index (χ0n) is 18.8. The summed E-state index contributed by atoms with van der Waals surface area (Å²) in [5, 5.41) is 6.12. The average Bonchev–Trinajstić information content (AvgIpc) is 3.16. The first-order valence-corrected chi connectivity index (χ1v) is 11.9. The van der Waals surface area contributed by atoms with Gasteiger partial charge in [-0.15, -0.1) is 0 Å². The van der Waals surface area contributed by atoms with Crippen LogP contribution in [-0.4, -0.2) is 28.0 Å². The Morgan fingerprint density at radius 3 is 2.58 bits per heavy atom. The van der Waals surface area contributed by atoms with Gasteiger partial charge >= 0.3 is 0 Å². The van der Waals surface area contributed by atoms with Gasteiger partial charge in [0.25, 0.3) is 5.91 Å². The van der Waals surface area contributed by atoms with Gasteiger partial charge in [-0.2, -0.15) is 0 Å². The van der Waals surface area contributed by atoms with Crippen molar-refractivity contribution >= 4 is 51.8 Å². The van der Waals surface area contributed by atoms with Crippen molar-refractivity contribution < 1.29 is 13.9 Å². The molecule has 1 saturated carbocycles. The third-order valence-corrected chi connectivity index (χ3v) is 6.44. The number of fused-ring (bicyclic) bond motifs is 1. The summed E-state index contributed by atoms with van der Waals surface area (Å²) in [4.78, 5) is 20.7. The van der Waals surface area contributed by atoms with Crippen LogP contribution < -0.4 is 15.4 Å². The summed E-state index contributed by atoms with van der Waals surface area (Å²) >= 11 is 12.0. The molecule has 0 aliphatic heterocycles. The second kappa shape index (κ2) is 9.77. The Balaban J connectivity index is 1.64. The number of aromatic nitrogens is 2. The fourth-order valence-corrected chi connectivity index (χ4v) is 4.40. The van der Waals surface area contributed by atoms with Crippen molar-refractivity contribution in [2.24, 2.45) is 5.92 Å². The minimum Gasteiger partial charge on any atom is -0.490 e. The largest absolute Gasteiger partial charge is 0.490 e. The van der Waals surface area contributed by atoms with E-state index in [1.54, 1.807) is 12.1 Å². The lowest BCUT2D eigenvalue weighted by molar-refractivity contribution is 0.0917. The first-order chi connectivity index (χ1) is 15.7. The Kier molecular flexibility index (Phi) is 7.00. The molecule has 1 amide bonds. The van der Waals surface area contributed by atoms with E-state index in [-0.39, 0.29) is 39.7 Å². The number of imidazole rings is 1. The van der Waals surface area contributed by atoms with Gasteiger partial charge in [-0.3, -0.25) is 4.79 Å². The number of rotatable bonds is 6. The van der Waals surface area contributed by atoms with Crippen molar-refractivity contribution in [2.45, 2.75) is 58.6 Å². The van der Waals surface area contributed by atoms with Gasteiger partial charge < -0.3 is 20.4 Å². The van der Waals surface area contributed by atoms with Crippen LogP contribution in [0, 0.1) is 11.7 Å². The summed E-state index contributed by atoms with van der Waals surface area (Å²) in [5.74, 6) is 0.560. The van der Waals surface area contributed by atoms with E-state index in [1.165, 1.54) is 12.1 Å². The maximum Gasteiger partial charge on any atom is 0.255 e. The van der Waals surface area contributed by atoms with Crippen LogP contribution in [0.25, 0.3) is 11.0 Å². The van der Waals surface area contributed by atoms with E-state index in [1.807, 2.05) is 13.8 Å². The smallest absolute Gasteiger partial charge is 0.255 e. The zero-order chi connectivity index (χ0) is 23.7. The molecule has 1 fully saturated rings. The molecule has 0 spiro atoms. The van der Waals surface area contributed by atoms with Crippen LogP contribution in [0.5, 0.6) is 5.75 Å². The molecule has 1 aliphatic rings. The maximum absolute atomic E-state index is 14.4. The van der Waals surface area contributed by atoms with E-state index in [9.17, 15) is 9.18 Å². The number of amides is 1. The summed E-state index contributed by atoms with van der Waals surface area (Å²) in [6, 6.07) is 6.47. The van der Waals surface area contributed by atoms with Crippen LogP contribution in [0.3, 0.4) is 0 Å². The third-order valence-electron chi connectivity index (χ3n) is 5.83. The number of nitrogens with one attached hydrogen (secondary N) is 3. The monoisotopic (exact) mass is 492 g/mol. The van der Waals surface area contributed by atoms with E-state index in [2.05, 4.69) is 27.5 Å². The molecule has 3 aromatic rings. The van der Waals surface area contributed by atoms with Gasteiger partial charge in [0.1, 0.15) is 5.75 Å². The van der Waals surface area contributed by atoms with E-state index < -0.39 is 5.82 Å². The number of H-pyrrole nitrogens is 1. The van der Waals surface area contributed by atoms with Crippen LogP contribution in [0.1, 0.15) is 56.8 Å². The van der Waals surface area contributed by atoms with Crippen molar-refractivity contribution in [1.29, 1.82) is 0 Å². The molecule has 0 radical (unpaired) electrons. The molecule has 0 saturated heterocycles. The molecule has 0 bridgehead atoms. The van der Waals surface area contributed by atoms with Gasteiger partial charge in [-0.1, -0.05) is 30.1 Å². The molecule has 176 valence electrons. The number of benzene rings is 2. The Bertz CT molecular complexity index is 1170. The second-order valence-electron chi connectivity index (χ2n) is 8.89. The minimum absolute atomic E-state index is 0.0198. The molecule has 0 atom stereocenters. The van der Waals surface area contributed by atoms with Crippen molar-refractivity contribution in [2.75, 3.05) is 5.32 Å². The topological polar surface area (TPSA) is 79.0 Å². The number of ether oxygens (including phenoxy) is 1. The van der Waals surface area contributed by atoms with Gasteiger partial charge in [0.2, 0.25) is 5.95 Å². The number of hydrogen-bond donors (Lipinski definition) is 3. The van der Waals surface area contributed by atoms with Crippen LogP contribution in [-0.2, 0) is 0 Å². The van der Waals surface area contributed by atoms with Crippen molar-refractivity contribution in [1.82, 2.24) is 15.3 Å². The highest BCUT2D eigenvalue weighted by molar-refractivity contribution is 6.35.